The highest BCUT2D eigenvalue weighted by molar-refractivity contribution is 4.76. The summed E-state index contributed by atoms with van der Waals surface area (Å²) in [5, 5.41) is 0. The monoisotopic (exact) mass is 212 g/mol. The Morgan fingerprint density at radius 3 is 2.47 bits per heavy atom. The molecule has 0 fully saturated rings. The third kappa shape index (κ3) is 9.99. The average molecular weight is 212 g/mol. The second kappa shape index (κ2) is 11.8. The van der Waals surface area contributed by atoms with Gasteiger partial charge in [0.05, 0.1) is 0 Å². The van der Waals surface area contributed by atoms with Gasteiger partial charge in [-0.15, -0.1) is 0 Å². The molecule has 0 amide bonds. The maximum Gasteiger partial charge on any atom is 0.0494 e. The Bertz CT molecular complexity index is 132. The topological polar surface area (TPSA) is 9.23 Å². The Kier molecular flexibility index (Phi) is 11.5. The minimum Gasteiger partial charge on any atom is -0.381 e. The predicted octanol–water partition coefficient (Wildman–Crippen LogP) is 4.58. The zero-order valence-electron chi connectivity index (χ0n) is 10.8. The summed E-state index contributed by atoms with van der Waals surface area (Å²) in [5.41, 5.74) is 0. The summed E-state index contributed by atoms with van der Waals surface area (Å²) >= 11 is 0. The molecular formula is C14H28O. The van der Waals surface area contributed by atoms with E-state index in [1.165, 1.54) is 38.5 Å². The molecule has 1 unspecified atom stereocenters. The Hall–Kier alpha value is -0.300. The second-order valence-electron chi connectivity index (χ2n) is 4.17. The van der Waals surface area contributed by atoms with E-state index in [1.54, 1.807) is 0 Å². The number of rotatable bonds is 10. The first-order valence-electron chi connectivity index (χ1n) is 6.54. The van der Waals surface area contributed by atoms with E-state index in [0.29, 0.717) is 0 Å². The fraction of sp³-hybridized carbons (Fsp3) is 0.857. The summed E-state index contributed by atoms with van der Waals surface area (Å²) < 4.78 is 5.53. The molecule has 1 nitrogen and oxygen atoms in total. The van der Waals surface area contributed by atoms with Crippen LogP contribution in [0.1, 0.15) is 59.3 Å². The predicted molar refractivity (Wildman–Crippen MR) is 68.2 cm³/mol. The summed E-state index contributed by atoms with van der Waals surface area (Å²) in [6.07, 6.45) is 12.3. The van der Waals surface area contributed by atoms with Crippen molar-refractivity contribution >= 4 is 0 Å². The van der Waals surface area contributed by atoms with Crippen LogP contribution in [-0.2, 0) is 4.74 Å². The highest BCUT2D eigenvalue weighted by atomic mass is 16.5. The fourth-order valence-corrected chi connectivity index (χ4v) is 1.78. The quantitative estimate of drug-likeness (QED) is 0.380. The van der Waals surface area contributed by atoms with Gasteiger partial charge in [-0.25, -0.2) is 0 Å². The minimum atomic E-state index is 0.787. The van der Waals surface area contributed by atoms with E-state index in [1.807, 2.05) is 0 Å². The van der Waals surface area contributed by atoms with Crippen molar-refractivity contribution in [1.29, 1.82) is 0 Å². The van der Waals surface area contributed by atoms with Crippen molar-refractivity contribution < 1.29 is 4.74 Å². The van der Waals surface area contributed by atoms with Crippen LogP contribution in [0.15, 0.2) is 12.2 Å². The lowest BCUT2D eigenvalue weighted by Crippen LogP contribution is -2.09. The highest BCUT2D eigenvalue weighted by Gasteiger charge is 2.07. The molecule has 0 aromatic rings. The van der Waals surface area contributed by atoms with Crippen molar-refractivity contribution in [2.75, 3.05) is 13.2 Å². The molecule has 0 aliphatic carbocycles. The van der Waals surface area contributed by atoms with Crippen LogP contribution in [0.4, 0.5) is 0 Å². The second-order valence-corrected chi connectivity index (χ2v) is 4.17. The van der Waals surface area contributed by atoms with Crippen LogP contribution in [0.2, 0.25) is 0 Å². The van der Waals surface area contributed by atoms with Gasteiger partial charge in [0.2, 0.25) is 0 Å². The number of unbranched alkanes of at least 4 members (excludes halogenated alkanes) is 2. The molecule has 0 aromatic heterocycles. The van der Waals surface area contributed by atoms with E-state index in [9.17, 15) is 0 Å². The molecule has 0 aromatic carbocycles. The molecule has 0 spiro atoms. The highest BCUT2D eigenvalue weighted by Crippen LogP contribution is 2.16. The van der Waals surface area contributed by atoms with Crippen LogP contribution in [0, 0.1) is 5.92 Å². The molecule has 0 rings (SSSR count). The Morgan fingerprint density at radius 1 is 1.13 bits per heavy atom. The van der Waals surface area contributed by atoms with E-state index in [0.717, 1.165) is 19.1 Å². The van der Waals surface area contributed by atoms with Crippen LogP contribution < -0.4 is 0 Å². The molecular weight excluding hydrogens is 184 g/mol. The van der Waals surface area contributed by atoms with Crippen LogP contribution in [-0.4, -0.2) is 13.2 Å². The zero-order chi connectivity index (χ0) is 11.4. The molecule has 0 saturated heterocycles. The normalized spacial score (nSPS) is 13.5. The van der Waals surface area contributed by atoms with Gasteiger partial charge in [0.15, 0.2) is 0 Å². The average Bonchev–Trinajstić information content (AvgIpc) is 2.27. The molecule has 90 valence electrons. The van der Waals surface area contributed by atoms with Gasteiger partial charge in [-0.2, -0.15) is 0 Å². The van der Waals surface area contributed by atoms with Gasteiger partial charge in [-0.3, -0.25) is 0 Å². The molecule has 0 bridgehead atoms. The Morgan fingerprint density at radius 2 is 1.87 bits per heavy atom. The SMILES string of the molecule is CC=CCCCC(CCCC)COCC. The third-order valence-electron chi connectivity index (χ3n) is 2.74. The largest absolute Gasteiger partial charge is 0.381 e. The Balaban J connectivity index is 3.58. The van der Waals surface area contributed by atoms with Gasteiger partial charge in [-0.1, -0.05) is 31.9 Å². The fourth-order valence-electron chi connectivity index (χ4n) is 1.78. The molecule has 0 aliphatic heterocycles. The lowest BCUT2D eigenvalue weighted by molar-refractivity contribution is 0.102. The van der Waals surface area contributed by atoms with Crippen molar-refractivity contribution in [3.63, 3.8) is 0 Å². The number of hydrogen-bond acceptors (Lipinski definition) is 1. The lowest BCUT2D eigenvalue weighted by Gasteiger charge is -2.15. The number of hydrogen-bond donors (Lipinski definition) is 0. The van der Waals surface area contributed by atoms with Crippen LogP contribution in [0.5, 0.6) is 0 Å². The van der Waals surface area contributed by atoms with Gasteiger partial charge in [0.25, 0.3) is 0 Å². The smallest absolute Gasteiger partial charge is 0.0494 e. The van der Waals surface area contributed by atoms with Crippen molar-refractivity contribution in [2.45, 2.75) is 59.3 Å². The zero-order valence-corrected chi connectivity index (χ0v) is 10.8. The first-order valence-corrected chi connectivity index (χ1v) is 6.54. The molecule has 0 radical (unpaired) electrons. The van der Waals surface area contributed by atoms with E-state index < -0.39 is 0 Å². The first kappa shape index (κ1) is 14.7. The molecule has 1 heteroatoms. The summed E-state index contributed by atoms with van der Waals surface area (Å²) in [7, 11) is 0. The van der Waals surface area contributed by atoms with Crippen LogP contribution >= 0.6 is 0 Å². The van der Waals surface area contributed by atoms with E-state index >= 15 is 0 Å². The van der Waals surface area contributed by atoms with Crippen LogP contribution in [0.25, 0.3) is 0 Å². The molecule has 0 heterocycles. The van der Waals surface area contributed by atoms with Gasteiger partial charge >= 0.3 is 0 Å². The van der Waals surface area contributed by atoms with Crippen LogP contribution in [0.3, 0.4) is 0 Å². The Labute approximate surface area is 95.9 Å². The summed E-state index contributed by atoms with van der Waals surface area (Å²) in [6, 6.07) is 0. The number of allylic oxidation sites excluding steroid dienone is 2. The standard InChI is InChI=1S/C14H28O/c1-4-7-9-10-12-14(11-8-5-2)13-15-6-3/h4,7,14H,5-6,8-13H2,1-3H3. The van der Waals surface area contributed by atoms with Gasteiger partial charge < -0.3 is 4.74 Å². The first-order chi connectivity index (χ1) is 7.35. The van der Waals surface area contributed by atoms with Gasteiger partial charge in [0, 0.05) is 13.2 Å². The van der Waals surface area contributed by atoms with Crippen molar-refractivity contribution in [1.82, 2.24) is 0 Å². The van der Waals surface area contributed by atoms with Gasteiger partial charge in [0.1, 0.15) is 0 Å². The van der Waals surface area contributed by atoms with Gasteiger partial charge in [-0.05, 0) is 45.4 Å². The minimum absolute atomic E-state index is 0.787. The maximum atomic E-state index is 5.53. The lowest BCUT2D eigenvalue weighted by atomic mass is 9.97. The van der Waals surface area contributed by atoms with E-state index in [4.69, 9.17) is 4.74 Å². The maximum absolute atomic E-state index is 5.53. The van der Waals surface area contributed by atoms with Crippen molar-refractivity contribution in [2.24, 2.45) is 5.92 Å². The summed E-state index contributed by atoms with van der Waals surface area (Å²) in [6.45, 7) is 8.26. The summed E-state index contributed by atoms with van der Waals surface area (Å²) in [4.78, 5) is 0. The van der Waals surface area contributed by atoms with Crippen molar-refractivity contribution in [3.8, 4) is 0 Å². The molecule has 0 aliphatic rings. The number of ether oxygens (including phenoxy) is 1. The molecule has 0 saturated carbocycles. The molecule has 0 N–H and O–H groups in total. The van der Waals surface area contributed by atoms with E-state index in [2.05, 4.69) is 32.9 Å². The molecule has 15 heavy (non-hydrogen) atoms. The summed E-state index contributed by atoms with van der Waals surface area (Å²) in [5.74, 6) is 0.787. The van der Waals surface area contributed by atoms with Crippen molar-refractivity contribution in [3.05, 3.63) is 12.2 Å². The third-order valence-corrected chi connectivity index (χ3v) is 2.74. The molecule has 1 atom stereocenters. The van der Waals surface area contributed by atoms with E-state index in [-0.39, 0.29) is 0 Å².